The summed E-state index contributed by atoms with van der Waals surface area (Å²) in [4.78, 5) is 27.6. The zero-order valence-electron chi connectivity index (χ0n) is 36.4. The normalized spacial score (nSPS) is 16.5. The van der Waals surface area contributed by atoms with Crippen LogP contribution in [-0.2, 0) is 25.5 Å². The van der Waals surface area contributed by atoms with E-state index in [-0.39, 0.29) is 32.0 Å². The Morgan fingerprint density at radius 1 is 0.603 bits per heavy atom. The Morgan fingerprint density at radius 2 is 1.00 bits per heavy atom. The standard InChI is InChI=1S/2C22H25.C6H11BN2O2.2ClH.Hf/c2*1-5-6-8-18-13-19-9-7-10-20(22(19)14-18)21-12-15(2)11-16(3)17(21)4;1-3-5(10)8-7-9-6(11)4-2;;;/h2*7,9-14H,5-6,8H2,1-4H3;3-4H2,1-2H3,(H-,8,9,10,11);2*1H;/q;;;;;+1/p-1. The molecule has 2 amide bonds. The van der Waals surface area contributed by atoms with E-state index in [4.69, 9.17) is 17.2 Å². The molecule has 0 aliphatic heterocycles. The minimum absolute atomic E-state index is 0.181. The number of unbranched alkanes of at least 4 members (excludes halogenated alkanes) is 2. The Kier molecular flexibility index (Phi) is 13.6. The molecule has 0 radical (unpaired) electrons. The molecule has 8 heteroatoms. The molecule has 4 aromatic carbocycles. The number of nitrogens with one attached hydrogen (secondary N) is 2. The number of allylic oxidation sites excluding steroid dienone is 2. The van der Waals surface area contributed by atoms with E-state index in [9.17, 15) is 9.59 Å². The van der Waals surface area contributed by atoms with Crippen LogP contribution in [0.5, 0.6) is 0 Å². The van der Waals surface area contributed by atoms with E-state index >= 15 is 0 Å². The summed E-state index contributed by atoms with van der Waals surface area (Å²) < 4.78 is -1.68. The Morgan fingerprint density at radius 3 is 1.36 bits per heavy atom. The van der Waals surface area contributed by atoms with E-state index in [0.29, 0.717) is 0 Å². The van der Waals surface area contributed by atoms with Gasteiger partial charge in [-0.25, -0.2) is 0 Å². The van der Waals surface area contributed by atoms with Gasteiger partial charge in [0.05, 0.1) is 0 Å². The molecule has 0 fully saturated rings. The van der Waals surface area contributed by atoms with Crippen LogP contribution >= 0.6 is 17.2 Å². The van der Waals surface area contributed by atoms with Crippen molar-refractivity contribution in [2.24, 2.45) is 0 Å². The van der Waals surface area contributed by atoms with E-state index in [1.165, 1.54) is 66.8 Å². The van der Waals surface area contributed by atoms with Crippen molar-refractivity contribution in [2.45, 2.75) is 128 Å². The molecule has 2 unspecified atom stereocenters. The summed E-state index contributed by atoms with van der Waals surface area (Å²) in [5, 5.41) is 6.66. The Labute approximate surface area is 356 Å². The number of amides is 2. The number of aryl methyl sites for hydroxylation is 4. The summed E-state index contributed by atoms with van der Waals surface area (Å²) in [5.74, 6) is -0.362. The molecule has 0 aromatic heterocycles. The molecule has 2 N–H and O–H groups in total. The Balaban J connectivity index is 1.73. The van der Waals surface area contributed by atoms with Crippen molar-refractivity contribution in [1.29, 1.82) is 0 Å². The molecule has 0 heterocycles. The predicted molar refractivity (Wildman–Crippen MR) is 247 cm³/mol. The van der Waals surface area contributed by atoms with Crippen LogP contribution in [-0.4, -0.2) is 16.4 Å². The molecule has 6 rings (SSSR count). The quantitative estimate of drug-likeness (QED) is 0.117. The van der Waals surface area contributed by atoms with Gasteiger partial charge in [-0.1, -0.05) is 0 Å². The van der Waals surface area contributed by atoms with Crippen LogP contribution < -0.4 is 10.5 Å². The van der Waals surface area contributed by atoms with Gasteiger partial charge in [-0.05, 0) is 0 Å². The van der Waals surface area contributed by atoms with E-state index in [2.05, 4.69) is 139 Å². The van der Waals surface area contributed by atoms with Crippen molar-refractivity contribution < 1.29 is 25.5 Å². The van der Waals surface area contributed by atoms with Gasteiger partial charge in [-0.3, -0.25) is 0 Å². The van der Waals surface area contributed by atoms with Crippen LogP contribution in [0.3, 0.4) is 0 Å². The monoisotopic (exact) mass is 983 g/mol. The van der Waals surface area contributed by atoms with Gasteiger partial charge < -0.3 is 0 Å². The van der Waals surface area contributed by atoms with Gasteiger partial charge in [0, 0.05) is 0 Å². The molecule has 2 atom stereocenters. The molecule has 2 aliphatic rings. The van der Waals surface area contributed by atoms with Crippen LogP contribution in [0.1, 0.15) is 142 Å². The molecule has 2 aliphatic carbocycles. The zero-order chi connectivity index (χ0) is 42.1. The van der Waals surface area contributed by atoms with Gasteiger partial charge in [0.15, 0.2) is 0 Å². The van der Waals surface area contributed by atoms with Crippen LogP contribution in [0.4, 0.5) is 0 Å². The summed E-state index contributed by atoms with van der Waals surface area (Å²) in [6.45, 7) is 21.2. The summed E-state index contributed by atoms with van der Waals surface area (Å²) >= 11 is -6.21. The van der Waals surface area contributed by atoms with Crippen molar-refractivity contribution in [3.8, 4) is 22.3 Å². The van der Waals surface area contributed by atoms with Crippen LogP contribution in [0.25, 0.3) is 34.4 Å². The van der Waals surface area contributed by atoms with E-state index in [1.54, 1.807) is 0 Å². The predicted octanol–water partition coefficient (Wildman–Crippen LogP) is 13.9. The number of carbonyl (C=O) groups is 2. The van der Waals surface area contributed by atoms with Gasteiger partial charge in [0.25, 0.3) is 0 Å². The molecule has 4 nitrogen and oxygen atoms in total. The second-order valence-corrected chi connectivity index (χ2v) is 47.6. The summed E-state index contributed by atoms with van der Waals surface area (Å²) in [7, 11) is 18.0. The second kappa shape index (κ2) is 17.8. The van der Waals surface area contributed by atoms with Crippen LogP contribution in [0.2, 0.25) is 0 Å². The average molecular weight is 983 g/mol. The van der Waals surface area contributed by atoms with Crippen LogP contribution in [0.15, 0.2) is 71.8 Å². The number of rotatable bonds is 15. The number of hydrogen-bond donors (Lipinski definition) is 2. The molecular formula is C50H62BCl2HfN2O2. The third kappa shape index (κ3) is 8.04. The van der Waals surface area contributed by atoms with Gasteiger partial charge >= 0.3 is 359 Å². The first kappa shape index (κ1) is 44.4. The SMILES string of the molecule is CCCCC1=Cc2c(-c3cc(C)cc(C)c3C)cccc2[CH]1[Hf]([Cl])([Cl])([B](NC(=O)CC)NC(=O)CC)[CH]1C(CCCC)=Cc2c(-c3cc(C)cc(C)c3C)cccc21. The summed E-state index contributed by atoms with van der Waals surface area (Å²) in [6.07, 6.45) is 10.8. The molecule has 58 heavy (non-hydrogen) atoms. The first-order valence-electron chi connectivity index (χ1n) is 21.6. The summed E-state index contributed by atoms with van der Waals surface area (Å²) in [5.41, 5.74) is 19.1. The second-order valence-electron chi connectivity index (χ2n) is 17.1. The van der Waals surface area contributed by atoms with Gasteiger partial charge in [-0.2, -0.15) is 0 Å². The fourth-order valence-corrected chi connectivity index (χ4v) is 39.6. The van der Waals surface area contributed by atoms with E-state index < -0.39 is 20.5 Å². The van der Waals surface area contributed by atoms with Crippen molar-refractivity contribution >= 4 is 45.7 Å². The third-order valence-electron chi connectivity index (χ3n) is 13.1. The topological polar surface area (TPSA) is 58.2 Å². The number of hydrogen-bond acceptors (Lipinski definition) is 2. The van der Waals surface area contributed by atoms with E-state index in [1.807, 2.05) is 13.8 Å². The first-order valence-corrected chi connectivity index (χ1v) is 36.7. The van der Waals surface area contributed by atoms with Crippen molar-refractivity contribution in [3.63, 3.8) is 0 Å². The van der Waals surface area contributed by atoms with Crippen molar-refractivity contribution in [1.82, 2.24) is 10.5 Å². The van der Waals surface area contributed by atoms with Gasteiger partial charge in [-0.15, -0.1) is 0 Å². The van der Waals surface area contributed by atoms with Crippen molar-refractivity contribution in [3.05, 3.63) is 127 Å². The molecule has 0 saturated heterocycles. The fourth-order valence-electron chi connectivity index (χ4n) is 9.87. The molecule has 305 valence electrons. The fraction of sp³-hybridized carbons (Fsp3) is 0.400. The number of carbonyl (C=O) groups excluding carboxylic acids is 2. The Hall–Kier alpha value is -3.18. The molecule has 0 spiro atoms. The number of fused-ring (bicyclic) bond motifs is 2. The minimum atomic E-state index is -6.21. The molecule has 4 aromatic rings. The summed E-state index contributed by atoms with van der Waals surface area (Å²) in [6, 6.07) is 22.3. The maximum absolute atomic E-state index is 13.8. The Bertz CT molecular complexity index is 2170. The average Bonchev–Trinajstić information content (AvgIpc) is 3.78. The number of benzene rings is 4. The zero-order valence-corrected chi connectivity index (χ0v) is 41.5. The van der Waals surface area contributed by atoms with Crippen LogP contribution in [0, 0.1) is 41.5 Å². The van der Waals surface area contributed by atoms with E-state index in [0.717, 1.165) is 60.8 Å². The molecule has 0 bridgehead atoms. The molecule has 0 saturated carbocycles. The van der Waals surface area contributed by atoms with Gasteiger partial charge in [0.1, 0.15) is 0 Å². The number of halogens is 2. The first-order chi connectivity index (χ1) is 27.6. The van der Waals surface area contributed by atoms with Crippen molar-refractivity contribution in [2.75, 3.05) is 0 Å². The van der Waals surface area contributed by atoms with Gasteiger partial charge in [0.2, 0.25) is 0 Å². The maximum atomic E-state index is 13.8. The molecular weight excluding hydrogens is 921 g/mol. The third-order valence-corrected chi connectivity index (χ3v) is 41.6.